The molecule has 21 heavy (non-hydrogen) atoms. The van der Waals surface area contributed by atoms with Gasteiger partial charge in [0.05, 0.1) is 0 Å². The predicted octanol–water partition coefficient (Wildman–Crippen LogP) is 1.76. The monoisotopic (exact) mass is 290 g/mol. The van der Waals surface area contributed by atoms with Crippen LogP contribution in [0.4, 0.5) is 5.82 Å². The molecule has 0 spiro atoms. The molecule has 2 heterocycles. The van der Waals surface area contributed by atoms with E-state index in [0.717, 1.165) is 26.1 Å². The highest BCUT2D eigenvalue weighted by atomic mass is 16.1. The molecule has 1 aromatic rings. The molecule has 0 aromatic carbocycles. The molecule has 2 fully saturated rings. The maximum atomic E-state index is 12.6. The molecular formula is C16H26N4O. The van der Waals surface area contributed by atoms with Gasteiger partial charge in [0.2, 0.25) is 0 Å². The maximum absolute atomic E-state index is 12.6. The highest BCUT2D eigenvalue weighted by Gasteiger charge is 2.33. The zero-order valence-electron chi connectivity index (χ0n) is 12.9. The van der Waals surface area contributed by atoms with E-state index in [-0.39, 0.29) is 5.56 Å². The fraction of sp³-hybridized carbons (Fsp3) is 0.750. The van der Waals surface area contributed by atoms with Gasteiger partial charge in [0, 0.05) is 37.6 Å². The Hall–Kier alpha value is -1.36. The molecule has 1 aliphatic heterocycles. The number of hydrogen-bond acceptors (Lipinski definition) is 4. The van der Waals surface area contributed by atoms with Gasteiger partial charge in [-0.05, 0) is 38.6 Å². The predicted molar refractivity (Wildman–Crippen MR) is 84.8 cm³/mol. The van der Waals surface area contributed by atoms with Crippen LogP contribution in [0.1, 0.15) is 45.4 Å². The molecule has 3 rings (SSSR count). The smallest absolute Gasteiger partial charge is 0.293 e. The van der Waals surface area contributed by atoms with Crippen LogP contribution in [0.3, 0.4) is 0 Å². The van der Waals surface area contributed by atoms with Crippen LogP contribution in [0.5, 0.6) is 0 Å². The van der Waals surface area contributed by atoms with Crippen LogP contribution in [0.25, 0.3) is 0 Å². The van der Waals surface area contributed by atoms with Crippen molar-refractivity contribution in [3.63, 3.8) is 0 Å². The number of aromatic nitrogens is 2. The van der Waals surface area contributed by atoms with E-state index >= 15 is 0 Å². The van der Waals surface area contributed by atoms with Crippen molar-refractivity contribution in [3.05, 3.63) is 22.7 Å². The van der Waals surface area contributed by atoms with Crippen molar-refractivity contribution < 1.29 is 0 Å². The molecule has 0 bridgehead atoms. The molecule has 0 radical (unpaired) electrons. The second kappa shape index (κ2) is 6.60. The second-order valence-corrected chi connectivity index (χ2v) is 6.28. The summed E-state index contributed by atoms with van der Waals surface area (Å²) in [5.74, 6) is 0.654. The topological polar surface area (TPSA) is 50.2 Å². The third-order valence-corrected chi connectivity index (χ3v) is 4.45. The Morgan fingerprint density at radius 3 is 2.90 bits per heavy atom. The average molecular weight is 290 g/mol. The van der Waals surface area contributed by atoms with Crippen molar-refractivity contribution in [2.24, 2.45) is 0 Å². The lowest BCUT2D eigenvalue weighted by Crippen LogP contribution is -2.46. The van der Waals surface area contributed by atoms with Crippen LogP contribution in [0.2, 0.25) is 0 Å². The maximum Gasteiger partial charge on any atom is 0.293 e. The van der Waals surface area contributed by atoms with Gasteiger partial charge in [0.1, 0.15) is 0 Å². The van der Waals surface area contributed by atoms with Crippen LogP contribution < -0.4 is 15.8 Å². The molecule has 2 aliphatic rings. The van der Waals surface area contributed by atoms with Gasteiger partial charge in [-0.1, -0.05) is 13.3 Å². The minimum Gasteiger partial charge on any atom is -0.347 e. The van der Waals surface area contributed by atoms with E-state index in [1.807, 2.05) is 0 Å². The quantitative estimate of drug-likeness (QED) is 0.867. The second-order valence-electron chi connectivity index (χ2n) is 6.28. The molecule has 5 heteroatoms. The van der Waals surface area contributed by atoms with Crippen molar-refractivity contribution in [2.45, 2.75) is 64.1 Å². The SMILES string of the molecule is CCCn1ccnc(N(CC2CCCCN2)C2CC2)c1=O. The fourth-order valence-electron chi connectivity index (χ4n) is 3.16. The Morgan fingerprint density at radius 2 is 2.24 bits per heavy atom. The van der Waals surface area contributed by atoms with Gasteiger partial charge in [0.15, 0.2) is 5.82 Å². The molecular weight excluding hydrogens is 264 g/mol. The standard InChI is InChI=1S/C16H26N4O/c1-2-10-19-11-9-18-15(16(19)21)20(14-6-7-14)12-13-5-3-4-8-17-13/h9,11,13-14,17H,2-8,10,12H2,1H3. The Morgan fingerprint density at radius 1 is 1.38 bits per heavy atom. The third-order valence-electron chi connectivity index (χ3n) is 4.45. The zero-order chi connectivity index (χ0) is 14.7. The minimum absolute atomic E-state index is 0.0714. The molecule has 1 saturated carbocycles. The summed E-state index contributed by atoms with van der Waals surface area (Å²) >= 11 is 0. The van der Waals surface area contributed by atoms with Gasteiger partial charge in [-0.15, -0.1) is 0 Å². The van der Waals surface area contributed by atoms with Gasteiger partial charge >= 0.3 is 0 Å². The highest BCUT2D eigenvalue weighted by Crippen LogP contribution is 2.29. The van der Waals surface area contributed by atoms with E-state index in [1.54, 1.807) is 17.0 Å². The largest absolute Gasteiger partial charge is 0.347 e. The Bertz CT molecular complexity index is 517. The van der Waals surface area contributed by atoms with Crippen molar-refractivity contribution in [3.8, 4) is 0 Å². The van der Waals surface area contributed by atoms with Crippen molar-refractivity contribution >= 4 is 5.82 Å². The van der Waals surface area contributed by atoms with E-state index in [1.165, 1.54) is 32.1 Å². The van der Waals surface area contributed by atoms with Gasteiger partial charge < -0.3 is 14.8 Å². The lowest BCUT2D eigenvalue weighted by molar-refractivity contribution is 0.397. The molecule has 0 amide bonds. The molecule has 1 saturated heterocycles. The van der Waals surface area contributed by atoms with Crippen LogP contribution >= 0.6 is 0 Å². The summed E-state index contributed by atoms with van der Waals surface area (Å²) in [6.07, 6.45) is 10.7. The first-order chi connectivity index (χ1) is 10.3. The summed E-state index contributed by atoms with van der Waals surface area (Å²) in [4.78, 5) is 19.3. The number of hydrogen-bond donors (Lipinski definition) is 1. The van der Waals surface area contributed by atoms with Crippen molar-refractivity contribution in [1.82, 2.24) is 14.9 Å². The van der Waals surface area contributed by atoms with E-state index < -0.39 is 0 Å². The van der Waals surface area contributed by atoms with Gasteiger partial charge in [-0.3, -0.25) is 4.79 Å². The molecule has 1 atom stereocenters. The number of anilines is 1. The molecule has 116 valence electrons. The molecule has 1 aromatic heterocycles. The first-order valence-corrected chi connectivity index (χ1v) is 8.35. The van der Waals surface area contributed by atoms with Gasteiger partial charge in [-0.25, -0.2) is 4.98 Å². The molecule has 5 nitrogen and oxygen atoms in total. The lowest BCUT2D eigenvalue weighted by atomic mass is 10.0. The van der Waals surface area contributed by atoms with Crippen LogP contribution in [-0.2, 0) is 6.54 Å². The van der Waals surface area contributed by atoms with E-state index in [0.29, 0.717) is 17.9 Å². The Labute approximate surface area is 126 Å². The summed E-state index contributed by atoms with van der Waals surface area (Å²) in [5, 5.41) is 3.58. The molecule has 1 N–H and O–H groups in total. The number of nitrogens with zero attached hydrogens (tertiary/aromatic N) is 3. The van der Waals surface area contributed by atoms with Crippen LogP contribution in [0, 0.1) is 0 Å². The summed E-state index contributed by atoms with van der Waals surface area (Å²) in [7, 11) is 0. The highest BCUT2D eigenvalue weighted by molar-refractivity contribution is 5.39. The number of nitrogens with one attached hydrogen (secondary N) is 1. The summed E-state index contributed by atoms with van der Waals surface area (Å²) in [5.41, 5.74) is 0.0714. The van der Waals surface area contributed by atoms with Crippen molar-refractivity contribution in [2.75, 3.05) is 18.0 Å². The van der Waals surface area contributed by atoms with E-state index in [4.69, 9.17) is 0 Å². The van der Waals surface area contributed by atoms with E-state index in [9.17, 15) is 4.79 Å². The van der Waals surface area contributed by atoms with E-state index in [2.05, 4.69) is 22.1 Å². The zero-order valence-corrected chi connectivity index (χ0v) is 12.9. The van der Waals surface area contributed by atoms with Gasteiger partial charge in [-0.2, -0.15) is 0 Å². The third kappa shape index (κ3) is 3.46. The van der Waals surface area contributed by atoms with Gasteiger partial charge in [0.25, 0.3) is 5.56 Å². The first kappa shape index (κ1) is 14.6. The molecule has 1 unspecified atom stereocenters. The fourth-order valence-corrected chi connectivity index (χ4v) is 3.16. The number of piperidine rings is 1. The first-order valence-electron chi connectivity index (χ1n) is 8.35. The van der Waals surface area contributed by atoms with Crippen molar-refractivity contribution in [1.29, 1.82) is 0 Å². The molecule has 1 aliphatic carbocycles. The summed E-state index contributed by atoms with van der Waals surface area (Å²) in [6.45, 7) is 4.89. The normalized spacial score (nSPS) is 22.2. The summed E-state index contributed by atoms with van der Waals surface area (Å²) < 4.78 is 1.80. The minimum atomic E-state index is 0.0714. The Kier molecular flexibility index (Phi) is 4.58. The van der Waals surface area contributed by atoms with Crippen LogP contribution in [0.15, 0.2) is 17.2 Å². The van der Waals surface area contributed by atoms with Crippen LogP contribution in [-0.4, -0.2) is 34.7 Å². The lowest BCUT2D eigenvalue weighted by Gasteiger charge is -2.31. The number of rotatable bonds is 6. The number of aryl methyl sites for hydroxylation is 1. The average Bonchev–Trinajstić information content (AvgIpc) is 3.33. The Balaban J connectivity index is 1.80. The summed E-state index contributed by atoms with van der Waals surface area (Å²) in [6, 6.07) is 1.02.